The molecule has 1 heterocycles. The zero-order chi connectivity index (χ0) is 15.8. The second-order valence-electron chi connectivity index (χ2n) is 4.75. The molecule has 4 nitrogen and oxygen atoms in total. The maximum Gasteiger partial charge on any atom is 3.00 e. The van der Waals surface area contributed by atoms with E-state index in [0.717, 1.165) is 0 Å². The molecular weight excluding hydrogens is 461 g/mol. The van der Waals surface area contributed by atoms with Gasteiger partial charge in [0.15, 0.2) is 0 Å². The monoisotopic (exact) mass is 485 g/mol. The van der Waals surface area contributed by atoms with Crippen LogP contribution in [0.15, 0.2) is 18.2 Å². The Hall–Kier alpha value is 0.338. The van der Waals surface area contributed by atoms with Gasteiger partial charge in [0.2, 0.25) is 0 Å². The van der Waals surface area contributed by atoms with Gasteiger partial charge in [-0.25, -0.2) is 9.78 Å². The smallest absolute Gasteiger partial charge is 0.444 e. The summed E-state index contributed by atoms with van der Waals surface area (Å²) < 4.78 is 5.09. The van der Waals surface area contributed by atoms with Crippen molar-refractivity contribution in [2.75, 3.05) is 13.1 Å². The fourth-order valence-electron chi connectivity index (χ4n) is 1.00. The summed E-state index contributed by atoms with van der Waals surface area (Å²) in [5, 5.41) is 0.856. The van der Waals surface area contributed by atoms with Crippen molar-refractivity contribution in [1.29, 1.82) is 0 Å². The zero-order valence-corrected chi connectivity index (χ0v) is 17.6. The molecule has 0 saturated carbocycles. The molecule has 0 aromatic carbocycles. The summed E-state index contributed by atoms with van der Waals surface area (Å²) in [6, 6.07) is 5.10. The maximum atomic E-state index is 11.2. The van der Waals surface area contributed by atoms with Gasteiger partial charge >= 0.3 is 46.5 Å². The number of carbonyl (C=O) groups excluding carboxylic acids is 1. The van der Waals surface area contributed by atoms with Gasteiger partial charge in [-0.3, -0.25) is 0 Å². The van der Waals surface area contributed by atoms with E-state index in [0.29, 0.717) is 23.4 Å². The molecule has 1 aromatic rings. The Bertz CT molecular complexity index is 405. The van der Waals surface area contributed by atoms with E-state index in [-0.39, 0.29) is 53.9 Å². The van der Waals surface area contributed by atoms with Crippen molar-refractivity contribution in [2.45, 2.75) is 26.4 Å². The number of halogens is 2. The molecule has 0 aliphatic carbocycles. The van der Waals surface area contributed by atoms with Gasteiger partial charge in [-0.05, 0) is 32.9 Å². The third-order valence-electron chi connectivity index (χ3n) is 1.87. The molecule has 0 saturated heterocycles. The molecule has 1 amide bonds. The standard InChI is InChI=1S/C9H17NO2.C5H3Cl2N.CH3.Sm/c1-6-10(7-2)8(11)12-9(3,4)5;6-4-2-1-3-5(7)8-4;;/h1-2,6-7H2,3-5H3;1-3H;1H3;/q-2;;-1;+3. The van der Waals surface area contributed by atoms with Crippen LogP contribution in [0.3, 0.4) is 0 Å². The Kier molecular flexibility index (Phi) is 17.0. The molecule has 1 aromatic heterocycles. The van der Waals surface area contributed by atoms with E-state index in [1.807, 2.05) is 20.8 Å². The van der Waals surface area contributed by atoms with Gasteiger partial charge < -0.3 is 30.9 Å². The number of amides is 1. The van der Waals surface area contributed by atoms with E-state index >= 15 is 0 Å². The molecule has 0 atom stereocenters. The maximum absolute atomic E-state index is 11.2. The molecule has 7 heteroatoms. The topological polar surface area (TPSA) is 42.4 Å². The van der Waals surface area contributed by atoms with Gasteiger partial charge in [0.05, 0.1) is 0 Å². The van der Waals surface area contributed by atoms with Crippen LogP contribution < -0.4 is 0 Å². The van der Waals surface area contributed by atoms with Crippen LogP contribution in [0.4, 0.5) is 4.79 Å². The fraction of sp³-hybridized carbons (Fsp3) is 0.400. The van der Waals surface area contributed by atoms with Crippen molar-refractivity contribution in [3.63, 3.8) is 0 Å². The summed E-state index contributed by atoms with van der Waals surface area (Å²) in [7, 11) is 0. The Labute approximate surface area is 177 Å². The second-order valence-corrected chi connectivity index (χ2v) is 5.52. The van der Waals surface area contributed by atoms with Crippen molar-refractivity contribution < 1.29 is 49.9 Å². The van der Waals surface area contributed by atoms with Crippen molar-refractivity contribution >= 4 is 29.3 Å². The van der Waals surface area contributed by atoms with Gasteiger partial charge in [-0.2, -0.15) is 0 Å². The first-order valence-corrected chi connectivity index (χ1v) is 6.79. The Balaban J connectivity index is -0.000000318. The minimum atomic E-state index is -0.445. The third-order valence-corrected chi connectivity index (χ3v) is 2.29. The SMILES string of the molecule is Clc1cccc(Cl)n1.[CH2-]CN(C[CH2-])C(=O)OC(C)(C)C.[CH3-].[Sm+3]. The van der Waals surface area contributed by atoms with Crippen molar-refractivity contribution in [2.24, 2.45) is 0 Å². The average Bonchev–Trinajstić information content (AvgIpc) is 2.28. The third kappa shape index (κ3) is 14.0. The van der Waals surface area contributed by atoms with E-state index in [4.69, 9.17) is 27.9 Å². The predicted molar refractivity (Wildman–Crippen MR) is 89.2 cm³/mol. The Morgan fingerprint density at radius 3 is 1.86 bits per heavy atom. The molecule has 0 fully saturated rings. The Morgan fingerprint density at radius 1 is 1.23 bits per heavy atom. The first-order valence-electron chi connectivity index (χ1n) is 6.04. The van der Waals surface area contributed by atoms with Crippen LogP contribution in [0.2, 0.25) is 10.3 Å². The van der Waals surface area contributed by atoms with Crippen LogP contribution in [0.25, 0.3) is 0 Å². The van der Waals surface area contributed by atoms with Crippen molar-refractivity contribution in [1.82, 2.24) is 9.88 Å². The first-order chi connectivity index (χ1) is 9.19. The van der Waals surface area contributed by atoms with E-state index in [1.54, 1.807) is 18.2 Å². The molecule has 125 valence electrons. The van der Waals surface area contributed by atoms with Crippen LogP contribution in [0.1, 0.15) is 20.8 Å². The van der Waals surface area contributed by atoms with Crippen LogP contribution in [-0.4, -0.2) is 34.7 Å². The van der Waals surface area contributed by atoms with E-state index in [1.165, 1.54) is 4.90 Å². The zero-order valence-electron chi connectivity index (χ0n) is 13.4. The minimum absolute atomic E-state index is 0. The molecule has 0 N–H and O–H groups in total. The molecule has 1 radical (unpaired) electrons. The second kappa shape index (κ2) is 13.7. The summed E-state index contributed by atoms with van der Waals surface area (Å²) in [4.78, 5) is 16.4. The summed E-state index contributed by atoms with van der Waals surface area (Å²) in [6.07, 6.45) is -0.354. The number of ether oxygens (including phenoxy) is 1. The van der Waals surface area contributed by atoms with E-state index in [2.05, 4.69) is 18.8 Å². The van der Waals surface area contributed by atoms with Gasteiger partial charge in [-0.15, -0.1) is 13.1 Å². The van der Waals surface area contributed by atoms with Crippen molar-refractivity contribution in [3.05, 3.63) is 49.8 Å². The van der Waals surface area contributed by atoms with Gasteiger partial charge in [0, 0.05) is 0 Å². The summed E-state index contributed by atoms with van der Waals surface area (Å²) in [5.74, 6) is 0. The molecule has 0 aliphatic heterocycles. The molecule has 22 heavy (non-hydrogen) atoms. The normalized spacial score (nSPS) is 9.41. The van der Waals surface area contributed by atoms with Crippen LogP contribution in [0.5, 0.6) is 0 Å². The van der Waals surface area contributed by atoms with E-state index < -0.39 is 5.60 Å². The number of hydrogen-bond acceptors (Lipinski definition) is 3. The molecule has 0 unspecified atom stereocenters. The number of hydrogen-bond donors (Lipinski definition) is 0. The van der Waals surface area contributed by atoms with Crippen molar-refractivity contribution in [3.8, 4) is 0 Å². The molecule has 1 rings (SSSR count). The number of rotatable bonds is 2. The number of carbonyl (C=O) groups is 1. The number of aromatic nitrogens is 1. The van der Waals surface area contributed by atoms with E-state index in [9.17, 15) is 4.79 Å². The molecule has 0 aliphatic rings. The Morgan fingerprint density at radius 2 is 1.64 bits per heavy atom. The summed E-state index contributed by atoms with van der Waals surface area (Å²) in [5.41, 5.74) is -0.445. The quantitative estimate of drug-likeness (QED) is 0.450. The minimum Gasteiger partial charge on any atom is -0.444 e. The fourth-order valence-corrected chi connectivity index (χ4v) is 1.38. The number of nitrogens with zero attached hydrogens (tertiary/aromatic N) is 2. The van der Waals surface area contributed by atoms with Crippen LogP contribution >= 0.6 is 23.2 Å². The van der Waals surface area contributed by atoms with Gasteiger partial charge in [0.1, 0.15) is 15.9 Å². The first kappa shape index (κ1) is 27.2. The molecular formula is C15H23Cl2N2O2Sm. The van der Waals surface area contributed by atoms with Crippen LogP contribution in [0, 0.1) is 61.7 Å². The average molecular weight is 485 g/mol. The largest absolute Gasteiger partial charge is 3.00 e. The van der Waals surface area contributed by atoms with Gasteiger partial charge in [-0.1, -0.05) is 29.3 Å². The van der Waals surface area contributed by atoms with Crippen LogP contribution in [-0.2, 0) is 4.74 Å². The predicted octanol–water partition coefficient (Wildman–Crippen LogP) is 4.73. The molecule has 0 bridgehead atoms. The summed E-state index contributed by atoms with van der Waals surface area (Å²) >= 11 is 10.9. The number of pyridine rings is 1. The van der Waals surface area contributed by atoms with Gasteiger partial charge in [0.25, 0.3) is 0 Å². The summed E-state index contributed by atoms with van der Waals surface area (Å²) in [6.45, 7) is 13.4. The molecule has 0 spiro atoms.